The zero-order chi connectivity index (χ0) is 13.5. The number of nitrogens with two attached hydrogens (primary N) is 1. The maximum atomic E-state index is 11.6. The second kappa shape index (κ2) is 4.41. The molecule has 1 aromatic heterocycles. The maximum absolute atomic E-state index is 11.6. The van der Waals surface area contributed by atoms with Gasteiger partial charge in [0.25, 0.3) is 0 Å². The standard InChI is InChI=1S/C9H13N3O5/c10-5-1-2-12(9(16)11-5)8-7(15)6(14)4(3-13)17-8/h1-2,4,6-8,13-15H,3H2,(H2,10,11,16)/t4-,6-,7-,8-/m1/s1/i8D. The molecule has 0 amide bonds. The first-order valence-electron chi connectivity index (χ1n) is 5.40. The first-order chi connectivity index (χ1) is 8.40. The van der Waals surface area contributed by atoms with E-state index in [1.165, 1.54) is 6.07 Å². The maximum Gasteiger partial charge on any atom is 0.351 e. The molecule has 0 bridgehead atoms. The lowest BCUT2D eigenvalue weighted by molar-refractivity contribution is -0.0549. The molecule has 0 aromatic carbocycles. The van der Waals surface area contributed by atoms with E-state index in [4.69, 9.17) is 16.9 Å². The average Bonchev–Trinajstić information content (AvgIpc) is 2.54. The number of rotatable bonds is 2. The van der Waals surface area contributed by atoms with Gasteiger partial charge >= 0.3 is 5.69 Å². The highest BCUT2D eigenvalue weighted by molar-refractivity contribution is 5.23. The van der Waals surface area contributed by atoms with Crippen molar-refractivity contribution in [3.05, 3.63) is 22.7 Å². The van der Waals surface area contributed by atoms with Crippen LogP contribution >= 0.6 is 0 Å². The van der Waals surface area contributed by atoms with Crippen LogP contribution in [-0.4, -0.2) is 49.8 Å². The van der Waals surface area contributed by atoms with Crippen molar-refractivity contribution in [3.63, 3.8) is 0 Å². The summed E-state index contributed by atoms with van der Waals surface area (Å²) in [5, 5.41) is 28.3. The molecule has 0 aliphatic carbocycles. The van der Waals surface area contributed by atoms with Crippen LogP contribution in [0.25, 0.3) is 0 Å². The number of nitrogen functional groups attached to an aromatic ring is 1. The summed E-state index contributed by atoms with van der Waals surface area (Å²) < 4.78 is 13.7. The number of ether oxygens (including phenoxy) is 1. The van der Waals surface area contributed by atoms with Gasteiger partial charge in [-0.25, -0.2) is 4.79 Å². The summed E-state index contributed by atoms with van der Waals surface area (Å²) in [6.45, 7) is -0.587. The Labute approximate surface area is 97.3 Å². The van der Waals surface area contributed by atoms with Crippen LogP contribution in [-0.2, 0) is 4.74 Å². The molecule has 94 valence electrons. The minimum Gasteiger partial charge on any atom is -0.394 e. The van der Waals surface area contributed by atoms with Gasteiger partial charge in [-0.3, -0.25) is 4.57 Å². The summed E-state index contributed by atoms with van der Waals surface area (Å²) in [4.78, 5) is 15.0. The van der Waals surface area contributed by atoms with Gasteiger partial charge in [-0.1, -0.05) is 0 Å². The second-order valence-electron chi connectivity index (χ2n) is 3.62. The molecule has 1 aromatic rings. The van der Waals surface area contributed by atoms with E-state index in [9.17, 15) is 15.0 Å². The molecule has 2 rings (SSSR count). The lowest BCUT2D eigenvalue weighted by atomic mass is 10.1. The Bertz CT molecular complexity index is 509. The Morgan fingerprint density at radius 2 is 2.29 bits per heavy atom. The molecule has 0 unspecified atom stereocenters. The number of aromatic nitrogens is 2. The average molecular weight is 244 g/mol. The quantitative estimate of drug-likeness (QED) is 0.450. The van der Waals surface area contributed by atoms with Crippen molar-refractivity contribution in [1.82, 2.24) is 9.55 Å². The van der Waals surface area contributed by atoms with Gasteiger partial charge in [0.1, 0.15) is 24.1 Å². The molecule has 8 heteroatoms. The molecule has 2 heterocycles. The summed E-state index contributed by atoms with van der Waals surface area (Å²) in [5.41, 5.74) is 4.41. The summed E-state index contributed by atoms with van der Waals surface area (Å²) >= 11 is 0. The fourth-order valence-corrected chi connectivity index (χ4v) is 1.57. The normalized spacial score (nSPS) is 38.1. The highest BCUT2D eigenvalue weighted by atomic mass is 16.6. The Balaban J connectivity index is 2.46. The van der Waals surface area contributed by atoms with E-state index in [1.807, 2.05) is 0 Å². The van der Waals surface area contributed by atoms with Gasteiger partial charge in [0, 0.05) is 6.20 Å². The first-order valence-corrected chi connectivity index (χ1v) is 4.90. The minimum atomic E-state index is -2.25. The van der Waals surface area contributed by atoms with Crippen LogP contribution in [0.5, 0.6) is 0 Å². The molecule has 0 saturated carbocycles. The fraction of sp³-hybridized carbons (Fsp3) is 0.556. The fourth-order valence-electron chi connectivity index (χ4n) is 1.57. The highest BCUT2D eigenvalue weighted by Crippen LogP contribution is 2.27. The Hall–Kier alpha value is -1.48. The molecular weight excluding hydrogens is 230 g/mol. The van der Waals surface area contributed by atoms with Crippen molar-refractivity contribution >= 4 is 5.82 Å². The van der Waals surface area contributed by atoms with Crippen molar-refractivity contribution in [3.8, 4) is 0 Å². The summed E-state index contributed by atoms with van der Waals surface area (Å²) in [7, 11) is 0. The van der Waals surface area contributed by atoms with Gasteiger partial charge < -0.3 is 25.8 Å². The molecule has 17 heavy (non-hydrogen) atoms. The minimum absolute atomic E-state index is 0.0356. The van der Waals surface area contributed by atoms with Gasteiger partial charge in [-0.05, 0) is 6.07 Å². The van der Waals surface area contributed by atoms with Gasteiger partial charge in [0.05, 0.1) is 7.98 Å². The van der Waals surface area contributed by atoms with Gasteiger partial charge in [-0.15, -0.1) is 0 Å². The molecule has 4 atom stereocenters. The third-order valence-corrected chi connectivity index (χ3v) is 2.47. The van der Waals surface area contributed by atoms with Gasteiger partial charge in [0.2, 0.25) is 0 Å². The Morgan fingerprint density at radius 1 is 1.59 bits per heavy atom. The van der Waals surface area contributed by atoms with Crippen LogP contribution in [0.1, 0.15) is 7.57 Å². The molecule has 1 aliphatic rings. The smallest absolute Gasteiger partial charge is 0.351 e. The lowest BCUT2D eigenvalue weighted by Gasteiger charge is -2.16. The number of anilines is 1. The molecule has 1 fully saturated rings. The number of aliphatic hydroxyl groups excluding tert-OH is 3. The predicted octanol–water partition coefficient (Wildman–Crippen LogP) is -2.56. The predicted molar refractivity (Wildman–Crippen MR) is 55.9 cm³/mol. The third kappa shape index (κ3) is 2.03. The van der Waals surface area contributed by atoms with E-state index in [-0.39, 0.29) is 5.82 Å². The van der Waals surface area contributed by atoms with Crippen molar-refractivity contribution < 1.29 is 21.4 Å². The van der Waals surface area contributed by atoms with Crippen molar-refractivity contribution in [2.45, 2.75) is 24.5 Å². The second-order valence-corrected chi connectivity index (χ2v) is 3.62. The van der Waals surface area contributed by atoms with E-state index in [1.54, 1.807) is 0 Å². The van der Waals surface area contributed by atoms with Crippen LogP contribution in [0, 0.1) is 0 Å². The van der Waals surface area contributed by atoms with E-state index in [0.717, 1.165) is 6.20 Å². The molecule has 8 nitrogen and oxygen atoms in total. The monoisotopic (exact) mass is 244 g/mol. The zero-order valence-corrected chi connectivity index (χ0v) is 8.72. The van der Waals surface area contributed by atoms with Gasteiger partial charge in [0.15, 0.2) is 6.20 Å². The largest absolute Gasteiger partial charge is 0.394 e. The van der Waals surface area contributed by atoms with Crippen LogP contribution < -0.4 is 11.4 Å². The summed E-state index contributed by atoms with van der Waals surface area (Å²) in [6.07, 6.45) is -5.44. The van der Waals surface area contributed by atoms with Crippen LogP contribution in [0.3, 0.4) is 0 Å². The SMILES string of the molecule is [2H][C@@]1(n2ccc(N)nc2=O)O[C@H](CO)[C@@H](O)[C@H]1O. The number of hydrogen-bond acceptors (Lipinski definition) is 7. The van der Waals surface area contributed by atoms with Gasteiger partial charge in [-0.2, -0.15) is 4.98 Å². The first kappa shape index (κ1) is 10.7. The van der Waals surface area contributed by atoms with Crippen molar-refractivity contribution in [2.75, 3.05) is 12.3 Å². The van der Waals surface area contributed by atoms with Crippen LogP contribution in [0.2, 0.25) is 0 Å². The molecule has 1 aliphatic heterocycles. The lowest BCUT2D eigenvalue weighted by Crippen LogP contribution is -2.36. The summed E-state index contributed by atoms with van der Waals surface area (Å²) in [6, 6.07) is 1.26. The third-order valence-electron chi connectivity index (χ3n) is 2.47. The molecular formula is C9H13N3O5. The topological polar surface area (TPSA) is 131 Å². The van der Waals surface area contributed by atoms with E-state index >= 15 is 0 Å². The molecule has 0 radical (unpaired) electrons. The van der Waals surface area contributed by atoms with Crippen LogP contribution in [0.4, 0.5) is 5.82 Å². The Kier molecular flexibility index (Phi) is 2.77. The molecule has 0 spiro atoms. The highest BCUT2D eigenvalue weighted by Gasteiger charge is 2.43. The van der Waals surface area contributed by atoms with E-state index < -0.39 is 36.8 Å². The number of nitrogens with zero attached hydrogens (tertiary/aromatic N) is 2. The van der Waals surface area contributed by atoms with Crippen molar-refractivity contribution in [1.29, 1.82) is 0 Å². The number of aliphatic hydroxyl groups is 3. The van der Waals surface area contributed by atoms with E-state index in [0.29, 0.717) is 4.57 Å². The zero-order valence-electron chi connectivity index (χ0n) is 9.72. The van der Waals surface area contributed by atoms with Crippen LogP contribution in [0.15, 0.2) is 17.1 Å². The molecule has 5 N–H and O–H groups in total. The Morgan fingerprint density at radius 3 is 2.82 bits per heavy atom. The number of hydrogen-bond donors (Lipinski definition) is 4. The van der Waals surface area contributed by atoms with E-state index in [2.05, 4.69) is 4.98 Å². The van der Waals surface area contributed by atoms with Crippen molar-refractivity contribution in [2.24, 2.45) is 0 Å². The summed E-state index contributed by atoms with van der Waals surface area (Å²) in [5.74, 6) is -0.0356. The molecule has 1 saturated heterocycles.